The molecule has 0 saturated carbocycles. The standard InChI is InChI=1S/C16H14Br4OS/c17-13(11-7-3-1-4-8-11)15(19)22(21)16(20)14(18)12-9-5-2-6-10-12/h1-10,13-16H. The van der Waals surface area contributed by atoms with E-state index in [2.05, 4.69) is 63.7 Å². The summed E-state index contributed by atoms with van der Waals surface area (Å²) in [6, 6.07) is 20.0. The largest absolute Gasteiger partial charge is 0.257 e. The van der Waals surface area contributed by atoms with Crippen molar-refractivity contribution in [2.75, 3.05) is 0 Å². The van der Waals surface area contributed by atoms with Gasteiger partial charge in [-0.3, -0.25) is 4.21 Å². The molecule has 2 aromatic carbocycles. The van der Waals surface area contributed by atoms with Crippen LogP contribution < -0.4 is 0 Å². The third-order valence-corrected chi connectivity index (χ3v) is 12.1. The second kappa shape index (κ2) is 9.11. The molecule has 0 aromatic heterocycles. The average molecular weight is 574 g/mol. The van der Waals surface area contributed by atoms with E-state index in [0.29, 0.717) is 0 Å². The Hall–Kier alpha value is 0.510. The minimum atomic E-state index is -1.13. The average Bonchev–Trinajstić information content (AvgIpc) is 2.60. The molecule has 118 valence electrons. The molecule has 0 fully saturated rings. The summed E-state index contributed by atoms with van der Waals surface area (Å²) >= 11 is 14.5. The summed E-state index contributed by atoms with van der Waals surface area (Å²) in [7, 11) is -1.13. The van der Waals surface area contributed by atoms with Crippen LogP contribution in [0.25, 0.3) is 0 Å². The van der Waals surface area contributed by atoms with E-state index in [-0.39, 0.29) is 18.0 Å². The van der Waals surface area contributed by atoms with Crippen LogP contribution in [0.15, 0.2) is 60.7 Å². The number of alkyl halides is 4. The molecule has 4 atom stereocenters. The lowest BCUT2D eigenvalue weighted by atomic mass is 10.2. The van der Waals surface area contributed by atoms with E-state index in [1.807, 2.05) is 60.7 Å². The Labute approximate surface area is 167 Å². The van der Waals surface area contributed by atoms with E-state index >= 15 is 0 Å². The molecule has 4 unspecified atom stereocenters. The van der Waals surface area contributed by atoms with Gasteiger partial charge in [0.2, 0.25) is 0 Å². The molecule has 0 bridgehead atoms. The molecule has 0 aliphatic rings. The second-order valence-corrected chi connectivity index (χ2v) is 11.5. The van der Waals surface area contributed by atoms with Crippen LogP contribution in [-0.2, 0) is 10.8 Å². The molecule has 6 heteroatoms. The maximum absolute atomic E-state index is 12.8. The first-order valence-electron chi connectivity index (χ1n) is 6.58. The van der Waals surface area contributed by atoms with Crippen LogP contribution >= 0.6 is 63.7 Å². The van der Waals surface area contributed by atoms with E-state index in [4.69, 9.17) is 0 Å². The first-order valence-corrected chi connectivity index (χ1v) is 11.5. The highest BCUT2D eigenvalue weighted by Crippen LogP contribution is 2.40. The highest BCUT2D eigenvalue weighted by atomic mass is 79.9. The second-order valence-electron chi connectivity index (χ2n) is 4.66. The van der Waals surface area contributed by atoms with E-state index in [1.54, 1.807) is 0 Å². The molecule has 2 rings (SSSR count). The van der Waals surface area contributed by atoms with Gasteiger partial charge in [-0.15, -0.1) is 0 Å². The van der Waals surface area contributed by atoms with Crippen molar-refractivity contribution in [1.82, 2.24) is 0 Å². The summed E-state index contributed by atoms with van der Waals surface area (Å²) in [6.07, 6.45) is 0. The third kappa shape index (κ3) is 4.76. The van der Waals surface area contributed by atoms with Crippen molar-refractivity contribution < 1.29 is 4.21 Å². The molecule has 0 N–H and O–H groups in total. The van der Waals surface area contributed by atoms with Crippen LogP contribution in [0.2, 0.25) is 0 Å². The van der Waals surface area contributed by atoms with Gasteiger partial charge in [0.15, 0.2) is 0 Å². The number of benzene rings is 2. The smallest absolute Gasteiger partial charge is 0.108 e. The lowest BCUT2D eigenvalue weighted by molar-refractivity contribution is 0.678. The summed E-state index contributed by atoms with van der Waals surface area (Å²) in [6.45, 7) is 0. The van der Waals surface area contributed by atoms with Gasteiger partial charge in [-0.25, -0.2) is 0 Å². The summed E-state index contributed by atoms with van der Waals surface area (Å²) in [5.41, 5.74) is 2.20. The van der Waals surface area contributed by atoms with Crippen molar-refractivity contribution in [3.8, 4) is 0 Å². The summed E-state index contributed by atoms with van der Waals surface area (Å²) in [5.74, 6) is 0. The van der Waals surface area contributed by atoms with Crippen LogP contribution in [0.3, 0.4) is 0 Å². The SMILES string of the molecule is O=S(C(Br)C(Br)c1ccccc1)C(Br)C(Br)c1ccccc1. The molecule has 0 aliphatic carbocycles. The Morgan fingerprint density at radius 2 is 0.955 bits per heavy atom. The molecule has 0 heterocycles. The van der Waals surface area contributed by atoms with Crippen molar-refractivity contribution in [1.29, 1.82) is 0 Å². The fourth-order valence-corrected chi connectivity index (χ4v) is 7.73. The van der Waals surface area contributed by atoms with Gasteiger partial charge in [-0.1, -0.05) is 124 Å². The maximum Gasteiger partial charge on any atom is 0.108 e. The normalized spacial score (nSPS) is 18.2. The zero-order valence-electron chi connectivity index (χ0n) is 11.4. The Balaban J connectivity index is 2.10. The Morgan fingerprint density at radius 1 is 0.636 bits per heavy atom. The number of rotatable bonds is 6. The molecule has 0 spiro atoms. The Bertz CT molecular complexity index is 555. The lowest BCUT2D eigenvalue weighted by Gasteiger charge is -2.23. The van der Waals surface area contributed by atoms with Crippen molar-refractivity contribution in [3.05, 3.63) is 71.8 Å². The number of hydrogen-bond donors (Lipinski definition) is 0. The fraction of sp³-hybridized carbons (Fsp3) is 0.250. The maximum atomic E-state index is 12.8. The van der Waals surface area contributed by atoms with Gasteiger partial charge in [0, 0.05) is 0 Å². The Morgan fingerprint density at radius 3 is 1.27 bits per heavy atom. The van der Waals surface area contributed by atoms with Gasteiger partial charge in [0.1, 0.15) is 8.32 Å². The van der Waals surface area contributed by atoms with Gasteiger partial charge >= 0.3 is 0 Å². The molecule has 0 aliphatic heterocycles. The van der Waals surface area contributed by atoms with Crippen molar-refractivity contribution in [2.24, 2.45) is 0 Å². The summed E-state index contributed by atoms with van der Waals surface area (Å²) < 4.78 is 12.4. The molecule has 0 radical (unpaired) electrons. The molecular weight excluding hydrogens is 560 g/mol. The van der Waals surface area contributed by atoms with Gasteiger partial charge in [0.05, 0.1) is 20.5 Å². The van der Waals surface area contributed by atoms with Crippen LogP contribution in [0.5, 0.6) is 0 Å². The quantitative estimate of drug-likeness (QED) is 0.363. The van der Waals surface area contributed by atoms with Crippen molar-refractivity contribution in [3.63, 3.8) is 0 Å². The highest BCUT2D eigenvalue weighted by Gasteiger charge is 2.32. The van der Waals surface area contributed by atoms with E-state index < -0.39 is 10.8 Å². The van der Waals surface area contributed by atoms with E-state index in [0.717, 1.165) is 11.1 Å². The first-order chi connectivity index (χ1) is 10.5. The summed E-state index contributed by atoms with van der Waals surface area (Å²) in [4.78, 5) is -0.0462. The van der Waals surface area contributed by atoms with E-state index in [1.165, 1.54) is 0 Å². The zero-order chi connectivity index (χ0) is 16.1. The minimum absolute atomic E-state index is 0.0231. The molecule has 1 nitrogen and oxygen atoms in total. The van der Waals surface area contributed by atoms with Gasteiger partial charge in [-0.05, 0) is 11.1 Å². The van der Waals surface area contributed by atoms with Crippen LogP contribution in [0.4, 0.5) is 0 Å². The number of hydrogen-bond acceptors (Lipinski definition) is 1. The first kappa shape index (κ1) is 18.8. The van der Waals surface area contributed by atoms with E-state index in [9.17, 15) is 4.21 Å². The monoisotopic (exact) mass is 570 g/mol. The Kier molecular flexibility index (Phi) is 7.81. The number of halogens is 4. The third-order valence-electron chi connectivity index (χ3n) is 3.14. The molecular formula is C16H14Br4OS. The molecule has 0 amide bonds. The van der Waals surface area contributed by atoms with Crippen molar-refractivity contribution in [2.45, 2.75) is 18.0 Å². The van der Waals surface area contributed by atoms with Gasteiger partial charge < -0.3 is 0 Å². The fourth-order valence-electron chi connectivity index (χ4n) is 1.94. The summed E-state index contributed by atoms with van der Waals surface area (Å²) in [5, 5.41) is 0. The predicted molar refractivity (Wildman–Crippen MR) is 110 cm³/mol. The topological polar surface area (TPSA) is 17.1 Å². The molecule has 22 heavy (non-hydrogen) atoms. The molecule has 2 aromatic rings. The predicted octanol–water partition coefficient (Wildman–Crippen LogP) is 6.45. The van der Waals surface area contributed by atoms with Crippen LogP contribution in [0, 0.1) is 0 Å². The highest BCUT2D eigenvalue weighted by molar-refractivity contribution is 9.15. The van der Waals surface area contributed by atoms with Crippen molar-refractivity contribution >= 4 is 74.5 Å². The molecule has 0 saturated heterocycles. The lowest BCUT2D eigenvalue weighted by Crippen LogP contribution is -2.23. The van der Waals surface area contributed by atoms with Crippen LogP contribution in [-0.4, -0.2) is 12.5 Å². The zero-order valence-corrected chi connectivity index (χ0v) is 18.6. The van der Waals surface area contributed by atoms with Gasteiger partial charge in [-0.2, -0.15) is 0 Å². The minimum Gasteiger partial charge on any atom is -0.257 e. The van der Waals surface area contributed by atoms with Gasteiger partial charge in [0.25, 0.3) is 0 Å². The van der Waals surface area contributed by atoms with Crippen LogP contribution in [0.1, 0.15) is 20.8 Å².